The van der Waals surface area contributed by atoms with E-state index >= 15 is 0 Å². The van der Waals surface area contributed by atoms with Crippen LogP contribution in [0.3, 0.4) is 0 Å². The fourth-order valence-corrected chi connectivity index (χ4v) is 6.83. The van der Waals surface area contributed by atoms with Crippen LogP contribution in [-0.4, -0.2) is 43.3 Å². The molecule has 2 amide bonds. The quantitative estimate of drug-likeness (QED) is 0.197. The molecular formula is C36H40ClN3O4S. The van der Waals surface area contributed by atoms with Gasteiger partial charge in [0, 0.05) is 23.5 Å². The number of hydrogen-bond donors (Lipinski definition) is 1. The van der Waals surface area contributed by atoms with Gasteiger partial charge >= 0.3 is 0 Å². The predicted molar refractivity (Wildman–Crippen MR) is 181 cm³/mol. The van der Waals surface area contributed by atoms with Gasteiger partial charge in [-0.3, -0.25) is 13.9 Å². The molecule has 0 fully saturated rings. The van der Waals surface area contributed by atoms with E-state index in [0.29, 0.717) is 21.8 Å². The average molecular weight is 646 g/mol. The molecule has 4 aromatic rings. The fourth-order valence-electron chi connectivity index (χ4n) is 5.14. The van der Waals surface area contributed by atoms with Gasteiger partial charge in [0.05, 0.1) is 10.6 Å². The first-order chi connectivity index (χ1) is 21.3. The third-order valence-electron chi connectivity index (χ3n) is 7.30. The van der Waals surface area contributed by atoms with E-state index in [-0.39, 0.29) is 23.8 Å². The number of aryl methyl sites for hydroxylation is 2. The van der Waals surface area contributed by atoms with E-state index < -0.39 is 34.1 Å². The minimum atomic E-state index is -4.17. The van der Waals surface area contributed by atoms with Crippen molar-refractivity contribution in [2.75, 3.05) is 10.8 Å². The lowest BCUT2D eigenvalue weighted by Crippen LogP contribution is -2.56. The van der Waals surface area contributed by atoms with Crippen molar-refractivity contribution in [2.45, 2.75) is 64.1 Å². The van der Waals surface area contributed by atoms with Crippen LogP contribution in [-0.2, 0) is 32.6 Å². The zero-order valence-electron chi connectivity index (χ0n) is 26.3. The Labute approximate surface area is 271 Å². The number of rotatable bonds is 11. The van der Waals surface area contributed by atoms with Crippen LogP contribution >= 0.6 is 11.6 Å². The lowest BCUT2D eigenvalue weighted by Gasteiger charge is -2.35. The molecule has 0 saturated carbocycles. The summed E-state index contributed by atoms with van der Waals surface area (Å²) in [6, 6.07) is 29.1. The first-order valence-electron chi connectivity index (χ1n) is 14.8. The van der Waals surface area contributed by atoms with E-state index in [4.69, 9.17) is 11.6 Å². The summed E-state index contributed by atoms with van der Waals surface area (Å²) < 4.78 is 29.5. The second-order valence-corrected chi connectivity index (χ2v) is 14.4. The highest BCUT2D eigenvalue weighted by Gasteiger charge is 2.36. The lowest BCUT2D eigenvalue weighted by atomic mass is 10.0. The molecule has 1 unspecified atom stereocenters. The third-order valence-corrected chi connectivity index (χ3v) is 9.44. The Hall–Kier alpha value is -4.14. The molecule has 0 spiro atoms. The Balaban J connectivity index is 1.84. The molecule has 236 valence electrons. The molecule has 0 radical (unpaired) electrons. The van der Waals surface area contributed by atoms with Gasteiger partial charge in [0.25, 0.3) is 10.0 Å². The topological polar surface area (TPSA) is 86.8 Å². The van der Waals surface area contributed by atoms with Gasteiger partial charge in [-0.25, -0.2) is 8.42 Å². The Kier molecular flexibility index (Phi) is 10.7. The number of amides is 2. The van der Waals surface area contributed by atoms with Crippen LogP contribution in [0.4, 0.5) is 5.69 Å². The molecule has 9 heteroatoms. The largest absolute Gasteiger partial charge is 0.350 e. The summed E-state index contributed by atoms with van der Waals surface area (Å²) in [5, 5.41) is 3.47. The smallest absolute Gasteiger partial charge is 0.264 e. The number of nitrogens with zero attached hydrogens (tertiary/aromatic N) is 2. The molecule has 0 aliphatic carbocycles. The fraction of sp³-hybridized carbons (Fsp3) is 0.278. The van der Waals surface area contributed by atoms with E-state index in [1.807, 2.05) is 83.1 Å². The van der Waals surface area contributed by atoms with Crippen molar-refractivity contribution in [2.24, 2.45) is 0 Å². The van der Waals surface area contributed by atoms with Gasteiger partial charge in [-0.05, 0) is 75.6 Å². The summed E-state index contributed by atoms with van der Waals surface area (Å²) in [5.41, 5.74) is 2.96. The van der Waals surface area contributed by atoms with E-state index in [2.05, 4.69) is 5.32 Å². The van der Waals surface area contributed by atoms with Gasteiger partial charge in [0.1, 0.15) is 12.6 Å². The molecule has 4 aromatic carbocycles. The number of hydrogen-bond acceptors (Lipinski definition) is 4. The van der Waals surface area contributed by atoms with Crippen LogP contribution in [0.2, 0.25) is 5.02 Å². The van der Waals surface area contributed by atoms with Crippen molar-refractivity contribution in [3.05, 3.63) is 130 Å². The van der Waals surface area contributed by atoms with Gasteiger partial charge in [0.2, 0.25) is 11.8 Å². The van der Waals surface area contributed by atoms with Crippen LogP contribution in [0.25, 0.3) is 0 Å². The number of benzene rings is 4. The molecule has 0 heterocycles. The van der Waals surface area contributed by atoms with Crippen molar-refractivity contribution >= 4 is 39.1 Å². The number of anilines is 1. The van der Waals surface area contributed by atoms with Crippen molar-refractivity contribution in [1.29, 1.82) is 0 Å². The maximum absolute atomic E-state index is 14.6. The SMILES string of the molecule is Cc1ccc(N(CC(=O)N(Cc2ccccc2Cl)C(Cc2ccccc2)C(=O)NC(C)(C)C)S(=O)(=O)c2ccccc2)c(C)c1. The normalized spacial score (nSPS) is 12.3. The minimum absolute atomic E-state index is 0.000323. The zero-order valence-corrected chi connectivity index (χ0v) is 27.9. The van der Waals surface area contributed by atoms with E-state index in [1.165, 1.54) is 17.0 Å². The van der Waals surface area contributed by atoms with Gasteiger partial charge in [-0.15, -0.1) is 0 Å². The van der Waals surface area contributed by atoms with E-state index in [9.17, 15) is 18.0 Å². The molecule has 45 heavy (non-hydrogen) atoms. The second-order valence-electron chi connectivity index (χ2n) is 12.2. The number of carbonyl (C=O) groups is 2. The molecule has 1 atom stereocenters. The molecule has 0 aliphatic heterocycles. The Bertz CT molecular complexity index is 1740. The predicted octanol–water partition coefficient (Wildman–Crippen LogP) is 6.71. The molecule has 1 N–H and O–H groups in total. The minimum Gasteiger partial charge on any atom is -0.350 e. The third kappa shape index (κ3) is 8.74. The molecule has 7 nitrogen and oxygen atoms in total. The summed E-state index contributed by atoms with van der Waals surface area (Å²) >= 11 is 6.57. The monoisotopic (exact) mass is 645 g/mol. The first-order valence-corrected chi connectivity index (χ1v) is 16.6. The van der Waals surface area contributed by atoms with Gasteiger partial charge in [-0.1, -0.05) is 96.0 Å². The highest BCUT2D eigenvalue weighted by molar-refractivity contribution is 7.92. The molecule has 0 saturated heterocycles. The highest BCUT2D eigenvalue weighted by atomic mass is 35.5. The van der Waals surface area contributed by atoms with Crippen LogP contribution in [0.5, 0.6) is 0 Å². The summed E-state index contributed by atoms with van der Waals surface area (Å²) in [6.45, 7) is 8.83. The molecule has 4 rings (SSSR count). The first kappa shape index (κ1) is 33.7. The maximum Gasteiger partial charge on any atom is 0.264 e. The number of sulfonamides is 1. The van der Waals surface area contributed by atoms with E-state index in [1.54, 1.807) is 42.5 Å². The Morgan fingerprint density at radius 3 is 2.04 bits per heavy atom. The summed E-state index contributed by atoms with van der Waals surface area (Å²) in [6.07, 6.45) is 0.216. The van der Waals surface area contributed by atoms with E-state index in [0.717, 1.165) is 15.4 Å². The molecule has 0 aromatic heterocycles. The average Bonchev–Trinajstić information content (AvgIpc) is 2.99. The van der Waals surface area contributed by atoms with Crippen LogP contribution in [0, 0.1) is 13.8 Å². The number of carbonyl (C=O) groups excluding carboxylic acids is 2. The Morgan fingerprint density at radius 2 is 1.44 bits per heavy atom. The lowest BCUT2D eigenvalue weighted by molar-refractivity contribution is -0.140. The standard InChI is InChI=1S/C36H40ClN3O4S/c1-26-20-21-32(27(2)22-26)40(45(43,44)30-17-10-7-11-18-30)25-34(41)39(24-29-16-12-13-19-31(29)37)33(35(42)38-36(3,4)5)23-28-14-8-6-9-15-28/h6-22,33H,23-25H2,1-5H3,(H,38,42). The van der Waals surface area contributed by atoms with Crippen molar-refractivity contribution in [3.63, 3.8) is 0 Å². The van der Waals surface area contributed by atoms with Gasteiger partial charge < -0.3 is 10.2 Å². The van der Waals surface area contributed by atoms with Crippen LogP contribution in [0.1, 0.15) is 43.0 Å². The Morgan fingerprint density at radius 1 is 0.844 bits per heavy atom. The molecular weight excluding hydrogens is 606 g/mol. The number of halogens is 1. The zero-order chi connectivity index (χ0) is 32.8. The van der Waals surface area contributed by atoms with Crippen molar-refractivity contribution < 1.29 is 18.0 Å². The van der Waals surface area contributed by atoms with Gasteiger partial charge in [-0.2, -0.15) is 0 Å². The van der Waals surface area contributed by atoms with Gasteiger partial charge in [0.15, 0.2) is 0 Å². The molecule has 0 bridgehead atoms. The second kappa shape index (κ2) is 14.3. The number of nitrogens with one attached hydrogen (secondary N) is 1. The van der Waals surface area contributed by atoms with Crippen molar-refractivity contribution in [1.82, 2.24) is 10.2 Å². The highest BCUT2D eigenvalue weighted by Crippen LogP contribution is 2.29. The van der Waals surface area contributed by atoms with Crippen LogP contribution in [0.15, 0.2) is 108 Å². The molecule has 0 aliphatic rings. The summed E-state index contributed by atoms with van der Waals surface area (Å²) in [4.78, 5) is 30.1. The van der Waals surface area contributed by atoms with Crippen molar-refractivity contribution in [3.8, 4) is 0 Å². The summed E-state index contributed by atoms with van der Waals surface area (Å²) in [5.74, 6) is -0.893. The maximum atomic E-state index is 14.6. The summed E-state index contributed by atoms with van der Waals surface area (Å²) in [7, 11) is -4.17. The van der Waals surface area contributed by atoms with Crippen LogP contribution < -0.4 is 9.62 Å².